The van der Waals surface area contributed by atoms with Crippen LogP contribution in [0, 0.1) is 0 Å². The topological polar surface area (TPSA) is 29.5 Å². The molecule has 0 amide bonds. The first kappa shape index (κ1) is 18.4. The van der Waals surface area contributed by atoms with Crippen molar-refractivity contribution in [3.05, 3.63) is 77.9 Å². The first-order valence-electron chi connectivity index (χ1n) is 9.43. The van der Waals surface area contributed by atoms with E-state index in [1.165, 1.54) is 5.56 Å². The first-order chi connectivity index (χ1) is 12.7. The van der Waals surface area contributed by atoms with E-state index in [1.54, 1.807) is 0 Å². The minimum absolute atomic E-state index is 0.119. The first-order valence-corrected chi connectivity index (χ1v) is 9.43. The van der Waals surface area contributed by atoms with Crippen LogP contribution in [-0.4, -0.2) is 30.5 Å². The Hall–Kier alpha value is -2.39. The molecule has 2 aromatic carbocycles. The third kappa shape index (κ3) is 4.61. The second-order valence-corrected chi connectivity index (χ2v) is 6.80. The maximum absolute atomic E-state index is 12.0. The summed E-state index contributed by atoms with van der Waals surface area (Å²) in [6.07, 6.45) is 6.46. The fourth-order valence-electron chi connectivity index (χ4n) is 3.48. The number of rotatable bonds is 6. The van der Waals surface area contributed by atoms with Crippen molar-refractivity contribution in [3.63, 3.8) is 0 Å². The van der Waals surface area contributed by atoms with Crippen molar-refractivity contribution in [2.75, 3.05) is 19.6 Å². The van der Waals surface area contributed by atoms with Crippen LogP contribution in [0.25, 0.3) is 6.08 Å². The summed E-state index contributed by atoms with van der Waals surface area (Å²) in [6, 6.07) is 20.5. The van der Waals surface area contributed by atoms with Gasteiger partial charge in [0.05, 0.1) is 0 Å². The average Bonchev–Trinajstić information content (AvgIpc) is 2.71. The molecular weight excluding hydrogens is 322 g/mol. The van der Waals surface area contributed by atoms with Crippen molar-refractivity contribution in [1.82, 2.24) is 4.90 Å². The van der Waals surface area contributed by atoms with E-state index in [1.807, 2.05) is 31.2 Å². The number of benzene rings is 2. The van der Waals surface area contributed by atoms with Gasteiger partial charge in [-0.15, -0.1) is 0 Å². The monoisotopic (exact) mass is 349 g/mol. The fraction of sp³-hybridized carbons (Fsp3) is 0.348. The van der Waals surface area contributed by atoms with Gasteiger partial charge in [0, 0.05) is 38.9 Å². The molecule has 0 N–H and O–H groups in total. The van der Waals surface area contributed by atoms with Crippen LogP contribution in [-0.2, 0) is 15.1 Å². The lowest BCUT2D eigenvalue weighted by atomic mass is 9.84. The van der Waals surface area contributed by atoms with Crippen molar-refractivity contribution >= 4 is 12.0 Å². The summed E-state index contributed by atoms with van der Waals surface area (Å²) in [5.74, 6) is -0.119. The lowest BCUT2D eigenvalue weighted by Gasteiger charge is -2.41. The average molecular weight is 349 g/mol. The molecule has 1 aliphatic heterocycles. The van der Waals surface area contributed by atoms with Crippen molar-refractivity contribution in [2.45, 2.75) is 31.8 Å². The maximum Gasteiger partial charge on any atom is 0.306 e. The van der Waals surface area contributed by atoms with Gasteiger partial charge in [-0.1, -0.05) is 79.7 Å². The van der Waals surface area contributed by atoms with E-state index >= 15 is 0 Å². The predicted molar refractivity (Wildman–Crippen MR) is 106 cm³/mol. The summed E-state index contributed by atoms with van der Waals surface area (Å²) in [6.45, 7) is 4.61. The van der Waals surface area contributed by atoms with Crippen molar-refractivity contribution in [1.29, 1.82) is 0 Å². The minimum Gasteiger partial charge on any atom is -0.454 e. The third-order valence-electron chi connectivity index (χ3n) is 5.03. The van der Waals surface area contributed by atoms with Gasteiger partial charge in [-0.3, -0.25) is 9.69 Å². The molecule has 0 bridgehead atoms. The van der Waals surface area contributed by atoms with Gasteiger partial charge in [-0.25, -0.2) is 0 Å². The largest absolute Gasteiger partial charge is 0.454 e. The zero-order chi connectivity index (χ0) is 18.2. The molecule has 0 aliphatic carbocycles. The molecule has 0 saturated carbocycles. The summed E-state index contributed by atoms with van der Waals surface area (Å²) in [7, 11) is 0. The molecule has 3 heteroatoms. The van der Waals surface area contributed by atoms with Gasteiger partial charge in [0.1, 0.15) is 5.60 Å². The fourth-order valence-corrected chi connectivity index (χ4v) is 3.48. The van der Waals surface area contributed by atoms with Crippen molar-refractivity contribution < 1.29 is 9.53 Å². The molecular formula is C23H27NO2. The van der Waals surface area contributed by atoms with Gasteiger partial charge < -0.3 is 4.74 Å². The molecule has 26 heavy (non-hydrogen) atoms. The number of nitrogens with zero attached hydrogens (tertiary/aromatic N) is 1. The highest BCUT2D eigenvalue weighted by atomic mass is 16.6. The molecule has 3 rings (SSSR count). The van der Waals surface area contributed by atoms with Gasteiger partial charge in [0.25, 0.3) is 0 Å². The molecule has 136 valence electrons. The smallest absolute Gasteiger partial charge is 0.306 e. The van der Waals surface area contributed by atoms with Crippen molar-refractivity contribution in [3.8, 4) is 0 Å². The van der Waals surface area contributed by atoms with E-state index in [0.717, 1.165) is 38.0 Å². The lowest BCUT2D eigenvalue weighted by Crippen LogP contribution is -2.45. The molecule has 1 heterocycles. The van der Waals surface area contributed by atoms with Crippen LogP contribution in [0.2, 0.25) is 0 Å². The van der Waals surface area contributed by atoms with Gasteiger partial charge in [-0.05, 0) is 11.1 Å². The molecule has 0 atom stereocenters. The van der Waals surface area contributed by atoms with Gasteiger partial charge in [0.15, 0.2) is 0 Å². The standard InChI is InChI=1S/C23H27NO2/c1-2-22(25)26-23(21-13-7-4-8-14-21)15-18-24(19-16-23)17-9-12-20-10-5-3-6-11-20/h3-14H,2,15-19H2,1H3. The van der Waals surface area contributed by atoms with Crippen molar-refractivity contribution in [2.24, 2.45) is 0 Å². The number of carbonyl (C=O) groups excluding carboxylic acids is 1. The van der Waals surface area contributed by atoms with Gasteiger partial charge in [-0.2, -0.15) is 0 Å². The van der Waals surface area contributed by atoms with E-state index in [2.05, 4.69) is 53.5 Å². The number of carbonyl (C=O) groups is 1. The van der Waals surface area contributed by atoms with Gasteiger partial charge >= 0.3 is 5.97 Å². The Morgan fingerprint density at radius 2 is 1.65 bits per heavy atom. The summed E-state index contributed by atoms with van der Waals surface area (Å²) >= 11 is 0. The molecule has 1 fully saturated rings. The second kappa shape index (κ2) is 8.81. The quantitative estimate of drug-likeness (QED) is 0.711. The third-order valence-corrected chi connectivity index (χ3v) is 5.03. The Balaban J connectivity index is 1.63. The Kier molecular flexibility index (Phi) is 6.24. The molecule has 2 aromatic rings. The Morgan fingerprint density at radius 1 is 1.04 bits per heavy atom. The Labute approximate surface area is 156 Å². The number of hydrogen-bond donors (Lipinski definition) is 0. The van der Waals surface area contributed by atoms with Crippen LogP contribution in [0.15, 0.2) is 66.7 Å². The number of ether oxygens (including phenoxy) is 1. The maximum atomic E-state index is 12.0. The molecule has 1 saturated heterocycles. The zero-order valence-corrected chi connectivity index (χ0v) is 15.4. The van der Waals surface area contributed by atoms with E-state index in [9.17, 15) is 4.79 Å². The number of piperidine rings is 1. The van der Waals surface area contributed by atoms with Crippen LogP contribution in [0.3, 0.4) is 0 Å². The van der Waals surface area contributed by atoms with Gasteiger partial charge in [0.2, 0.25) is 0 Å². The van der Waals surface area contributed by atoms with E-state index in [0.29, 0.717) is 6.42 Å². The van der Waals surface area contributed by atoms with Crippen LogP contribution >= 0.6 is 0 Å². The predicted octanol–water partition coefficient (Wildman–Crippen LogP) is 4.64. The van der Waals surface area contributed by atoms with E-state index in [-0.39, 0.29) is 5.97 Å². The summed E-state index contributed by atoms with van der Waals surface area (Å²) < 4.78 is 5.95. The number of esters is 1. The second-order valence-electron chi connectivity index (χ2n) is 6.80. The highest BCUT2D eigenvalue weighted by Crippen LogP contribution is 2.37. The van der Waals surface area contributed by atoms with E-state index < -0.39 is 5.60 Å². The molecule has 1 aliphatic rings. The summed E-state index contributed by atoms with van der Waals surface area (Å²) in [4.78, 5) is 14.4. The van der Waals surface area contributed by atoms with Crippen LogP contribution in [0.5, 0.6) is 0 Å². The molecule has 0 spiro atoms. The highest BCUT2D eigenvalue weighted by molar-refractivity contribution is 5.69. The molecule has 0 radical (unpaired) electrons. The molecule has 0 unspecified atom stereocenters. The molecule has 0 aromatic heterocycles. The van der Waals surface area contributed by atoms with Crippen LogP contribution in [0.1, 0.15) is 37.3 Å². The van der Waals surface area contributed by atoms with Crippen LogP contribution < -0.4 is 0 Å². The number of likely N-dealkylation sites (tertiary alicyclic amines) is 1. The summed E-state index contributed by atoms with van der Waals surface area (Å²) in [5.41, 5.74) is 1.86. The van der Waals surface area contributed by atoms with E-state index in [4.69, 9.17) is 4.74 Å². The number of hydrogen-bond acceptors (Lipinski definition) is 3. The Morgan fingerprint density at radius 3 is 2.27 bits per heavy atom. The zero-order valence-electron chi connectivity index (χ0n) is 15.4. The minimum atomic E-state index is -0.478. The molecule has 3 nitrogen and oxygen atoms in total. The normalized spacial score (nSPS) is 17.3. The van der Waals surface area contributed by atoms with Crippen LogP contribution in [0.4, 0.5) is 0 Å². The lowest BCUT2D eigenvalue weighted by molar-refractivity contribution is -0.166. The summed E-state index contributed by atoms with van der Waals surface area (Å²) in [5, 5.41) is 0. The Bertz CT molecular complexity index is 716. The highest BCUT2D eigenvalue weighted by Gasteiger charge is 2.39. The SMILES string of the molecule is CCC(=O)OC1(c2ccccc2)CCN(CC=Cc2ccccc2)CC1.